The fourth-order valence-corrected chi connectivity index (χ4v) is 5.54. The first-order valence-corrected chi connectivity index (χ1v) is 13.1. The van der Waals surface area contributed by atoms with Crippen molar-refractivity contribution >= 4 is 34.0 Å². The van der Waals surface area contributed by atoms with E-state index in [-0.39, 0.29) is 36.0 Å². The number of carbonyl (C=O) groups excluding carboxylic acids is 2. The van der Waals surface area contributed by atoms with Crippen LogP contribution in [0.15, 0.2) is 44.6 Å². The lowest BCUT2D eigenvalue weighted by Gasteiger charge is -2.31. The molecule has 1 fully saturated rings. The Labute approximate surface area is 211 Å². The van der Waals surface area contributed by atoms with Crippen molar-refractivity contribution in [2.75, 3.05) is 26.7 Å². The molecule has 8 nitrogen and oxygen atoms in total. The average Bonchev–Trinajstić information content (AvgIpc) is 3.38. The number of aromatic nitrogens is 2. The van der Waals surface area contributed by atoms with Gasteiger partial charge < -0.3 is 9.64 Å². The maximum atomic E-state index is 13.1. The van der Waals surface area contributed by atoms with E-state index in [9.17, 15) is 23.6 Å². The molecule has 2 aromatic heterocycles. The predicted octanol–water partition coefficient (Wildman–Crippen LogP) is 3.30. The Hall–Kier alpha value is -3.11. The van der Waals surface area contributed by atoms with Gasteiger partial charge >= 0.3 is 11.7 Å². The van der Waals surface area contributed by atoms with Crippen LogP contribution in [0.2, 0.25) is 0 Å². The van der Waals surface area contributed by atoms with E-state index in [0.29, 0.717) is 29.4 Å². The molecule has 1 aliphatic heterocycles. The standard InChI is InChI=1S/C26H30FN3O5S/c1-35-23(31)10-15-29-22-17-36-16-21(22)25(33)30(26(29)34)12-3-2-11-28-13-8-19(9-14-28)24(32)18-4-6-20(27)7-5-18/h4-7,16-17,19H,2-3,8-15H2,1H3. The average molecular weight is 516 g/mol. The number of nitrogens with zero attached hydrogens (tertiary/aromatic N) is 3. The van der Waals surface area contributed by atoms with Crippen molar-refractivity contribution in [1.82, 2.24) is 14.0 Å². The molecular weight excluding hydrogens is 485 g/mol. The number of esters is 1. The molecule has 0 saturated carbocycles. The third kappa shape index (κ3) is 5.82. The number of piperidine rings is 1. The number of halogens is 1. The van der Waals surface area contributed by atoms with Crippen molar-refractivity contribution in [2.45, 2.75) is 45.2 Å². The smallest absolute Gasteiger partial charge is 0.331 e. The quantitative estimate of drug-likeness (QED) is 0.234. The molecule has 0 N–H and O–H groups in total. The number of likely N-dealkylation sites (tertiary alicyclic amines) is 1. The number of benzene rings is 1. The number of thiophene rings is 1. The summed E-state index contributed by atoms with van der Waals surface area (Å²) >= 11 is 1.35. The van der Waals surface area contributed by atoms with Gasteiger partial charge in [-0.3, -0.25) is 23.5 Å². The number of methoxy groups -OCH3 is 1. The summed E-state index contributed by atoms with van der Waals surface area (Å²) in [5, 5.41) is 3.97. The summed E-state index contributed by atoms with van der Waals surface area (Å²) in [5.41, 5.74) is 0.397. The van der Waals surface area contributed by atoms with E-state index in [4.69, 9.17) is 0 Å². The van der Waals surface area contributed by atoms with Crippen LogP contribution in [-0.2, 0) is 22.6 Å². The zero-order valence-electron chi connectivity index (χ0n) is 20.3. The molecule has 3 aromatic rings. The number of fused-ring (bicyclic) bond motifs is 1. The number of ketones is 1. The Morgan fingerprint density at radius 1 is 1.00 bits per heavy atom. The minimum absolute atomic E-state index is 0.0499. The molecule has 10 heteroatoms. The molecule has 0 spiro atoms. The third-order valence-corrected chi connectivity index (χ3v) is 7.56. The Morgan fingerprint density at radius 3 is 2.39 bits per heavy atom. The fourth-order valence-electron chi connectivity index (χ4n) is 4.73. The van der Waals surface area contributed by atoms with E-state index < -0.39 is 11.7 Å². The summed E-state index contributed by atoms with van der Waals surface area (Å²) in [5.74, 6) is -0.738. The molecule has 4 rings (SSSR count). The molecule has 0 unspecified atom stereocenters. The molecule has 1 saturated heterocycles. The highest BCUT2D eigenvalue weighted by molar-refractivity contribution is 7.09. The van der Waals surface area contributed by atoms with Gasteiger partial charge in [0.15, 0.2) is 5.78 Å². The predicted molar refractivity (Wildman–Crippen MR) is 136 cm³/mol. The molecule has 1 aromatic carbocycles. The number of unbranched alkanes of at least 4 members (excludes halogenated alkanes) is 1. The summed E-state index contributed by atoms with van der Waals surface area (Å²) in [6.45, 7) is 2.90. The summed E-state index contributed by atoms with van der Waals surface area (Å²) in [4.78, 5) is 52.5. The van der Waals surface area contributed by atoms with Gasteiger partial charge in [-0.05, 0) is 69.6 Å². The van der Waals surface area contributed by atoms with E-state index in [1.54, 1.807) is 22.9 Å². The number of Topliss-reactive ketones (excluding diaryl/α,β-unsaturated/α-hetero) is 1. The number of aryl methyl sites for hydroxylation is 1. The summed E-state index contributed by atoms with van der Waals surface area (Å²) in [7, 11) is 1.30. The van der Waals surface area contributed by atoms with Gasteiger partial charge in [-0.15, -0.1) is 11.3 Å². The van der Waals surface area contributed by atoms with Crippen LogP contribution >= 0.6 is 11.3 Å². The molecular formula is C26H30FN3O5S. The van der Waals surface area contributed by atoms with E-state index in [1.807, 2.05) is 0 Å². The molecule has 192 valence electrons. The van der Waals surface area contributed by atoms with Crippen molar-refractivity contribution in [3.63, 3.8) is 0 Å². The number of rotatable bonds is 10. The van der Waals surface area contributed by atoms with E-state index in [2.05, 4.69) is 9.64 Å². The zero-order valence-corrected chi connectivity index (χ0v) is 21.1. The van der Waals surface area contributed by atoms with E-state index in [0.717, 1.165) is 38.9 Å². The SMILES string of the molecule is COC(=O)CCn1c(=O)n(CCCCN2CCC(C(=O)c3ccc(F)cc3)CC2)c(=O)c2cscc21. The second-order valence-corrected chi connectivity index (χ2v) is 9.83. The number of hydrogen-bond acceptors (Lipinski definition) is 7. The van der Waals surface area contributed by atoms with Gasteiger partial charge in [-0.1, -0.05) is 0 Å². The number of carbonyl (C=O) groups is 2. The van der Waals surface area contributed by atoms with Crippen LogP contribution in [0.5, 0.6) is 0 Å². The number of ether oxygens (including phenoxy) is 1. The van der Waals surface area contributed by atoms with Crippen LogP contribution in [0.4, 0.5) is 4.39 Å². The van der Waals surface area contributed by atoms with Gasteiger partial charge in [-0.25, -0.2) is 9.18 Å². The Kier molecular flexibility index (Phi) is 8.48. The third-order valence-electron chi connectivity index (χ3n) is 6.83. The van der Waals surface area contributed by atoms with Crippen LogP contribution in [0, 0.1) is 11.7 Å². The normalized spacial score (nSPS) is 14.8. The fraction of sp³-hybridized carbons (Fsp3) is 0.462. The minimum atomic E-state index is -0.411. The van der Waals surface area contributed by atoms with Crippen LogP contribution in [0.25, 0.3) is 10.9 Å². The second-order valence-electron chi connectivity index (χ2n) is 9.08. The largest absolute Gasteiger partial charge is 0.469 e. The lowest BCUT2D eigenvalue weighted by atomic mass is 9.89. The van der Waals surface area contributed by atoms with Crippen molar-refractivity contribution in [2.24, 2.45) is 5.92 Å². The highest BCUT2D eigenvalue weighted by Gasteiger charge is 2.25. The maximum Gasteiger partial charge on any atom is 0.331 e. The highest BCUT2D eigenvalue weighted by atomic mass is 32.1. The van der Waals surface area contributed by atoms with Crippen molar-refractivity contribution in [1.29, 1.82) is 0 Å². The van der Waals surface area contributed by atoms with Crippen LogP contribution < -0.4 is 11.2 Å². The van der Waals surface area contributed by atoms with Crippen molar-refractivity contribution in [3.8, 4) is 0 Å². The molecule has 3 heterocycles. The molecule has 0 bridgehead atoms. The van der Waals surface area contributed by atoms with Crippen molar-refractivity contribution in [3.05, 3.63) is 67.2 Å². The van der Waals surface area contributed by atoms with E-state index in [1.165, 1.54) is 39.7 Å². The summed E-state index contributed by atoms with van der Waals surface area (Å²) in [6, 6.07) is 5.72. The first kappa shape index (κ1) is 26.0. The van der Waals surface area contributed by atoms with Gasteiger partial charge in [-0.2, -0.15) is 0 Å². The van der Waals surface area contributed by atoms with Gasteiger partial charge in [0.1, 0.15) is 5.82 Å². The summed E-state index contributed by atoms with van der Waals surface area (Å²) in [6.07, 6.45) is 3.05. The topological polar surface area (TPSA) is 90.6 Å². The van der Waals surface area contributed by atoms with Crippen LogP contribution in [0.3, 0.4) is 0 Å². The van der Waals surface area contributed by atoms with Crippen LogP contribution in [0.1, 0.15) is 42.5 Å². The maximum absolute atomic E-state index is 13.1. The lowest BCUT2D eigenvalue weighted by Crippen LogP contribution is -2.40. The Balaban J connectivity index is 1.30. The van der Waals surface area contributed by atoms with Gasteiger partial charge in [0.05, 0.1) is 24.4 Å². The van der Waals surface area contributed by atoms with Crippen molar-refractivity contribution < 1.29 is 18.7 Å². The van der Waals surface area contributed by atoms with E-state index >= 15 is 0 Å². The molecule has 36 heavy (non-hydrogen) atoms. The van der Waals surface area contributed by atoms with Gasteiger partial charge in [0.25, 0.3) is 5.56 Å². The number of hydrogen-bond donors (Lipinski definition) is 0. The lowest BCUT2D eigenvalue weighted by molar-refractivity contribution is -0.140. The summed E-state index contributed by atoms with van der Waals surface area (Å²) < 4.78 is 20.6. The Bertz CT molecular complexity index is 1340. The van der Waals surface area contributed by atoms with Gasteiger partial charge in [0.2, 0.25) is 0 Å². The molecule has 0 atom stereocenters. The first-order valence-electron chi connectivity index (χ1n) is 12.2. The first-order chi connectivity index (χ1) is 17.4. The van der Waals surface area contributed by atoms with Gasteiger partial charge in [0, 0.05) is 35.3 Å². The monoisotopic (exact) mass is 515 g/mol. The van der Waals surface area contributed by atoms with Crippen LogP contribution in [-0.4, -0.2) is 52.5 Å². The minimum Gasteiger partial charge on any atom is -0.469 e. The second kappa shape index (κ2) is 11.7. The highest BCUT2D eigenvalue weighted by Crippen LogP contribution is 2.22. The molecule has 0 radical (unpaired) electrons. The Morgan fingerprint density at radius 2 is 1.69 bits per heavy atom. The molecule has 0 amide bonds. The molecule has 0 aliphatic carbocycles. The molecule has 1 aliphatic rings. The zero-order chi connectivity index (χ0) is 25.7.